The summed E-state index contributed by atoms with van der Waals surface area (Å²) in [6.07, 6.45) is 0.0785. The molecule has 1 rings (SSSR count). The van der Waals surface area contributed by atoms with Crippen molar-refractivity contribution in [2.24, 2.45) is 0 Å². The molecule has 0 aromatic heterocycles. The summed E-state index contributed by atoms with van der Waals surface area (Å²) in [5, 5.41) is 10.6. The Kier molecular flexibility index (Phi) is 3.59. The average Bonchev–Trinajstić information content (AvgIpc) is 2.15. The van der Waals surface area contributed by atoms with E-state index < -0.39 is 0 Å². The third-order valence-electron chi connectivity index (χ3n) is 1.76. The molecule has 0 radical (unpaired) electrons. The van der Waals surface area contributed by atoms with Gasteiger partial charge in [-0.3, -0.25) is 10.1 Å². The molecular formula is C10H13NO3. The first-order valence-corrected chi connectivity index (χ1v) is 4.45. The van der Waals surface area contributed by atoms with E-state index in [0.717, 1.165) is 0 Å². The number of nitro benzene ring substituents is 1. The van der Waals surface area contributed by atoms with Crippen molar-refractivity contribution >= 4 is 5.69 Å². The van der Waals surface area contributed by atoms with Crippen LogP contribution < -0.4 is 0 Å². The van der Waals surface area contributed by atoms with Gasteiger partial charge in [-0.1, -0.05) is 12.1 Å². The standard InChI is InChI=1S/C10H13NO3/c1-8(2)14-7-9-5-3-4-6-10(9)11(12)13/h3-6,8H,7H2,1-2H3. The maximum absolute atomic E-state index is 10.6. The van der Waals surface area contributed by atoms with E-state index in [1.165, 1.54) is 6.07 Å². The zero-order valence-corrected chi connectivity index (χ0v) is 8.27. The molecule has 4 heteroatoms. The van der Waals surface area contributed by atoms with Crippen LogP contribution in [0.5, 0.6) is 0 Å². The van der Waals surface area contributed by atoms with Crippen molar-refractivity contribution in [3.8, 4) is 0 Å². The first-order chi connectivity index (χ1) is 6.61. The van der Waals surface area contributed by atoms with E-state index in [4.69, 9.17) is 4.74 Å². The Morgan fingerprint density at radius 1 is 1.43 bits per heavy atom. The predicted octanol–water partition coefficient (Wildman–Crippen LogP) is 2.52. The molecule has 0 aliphatic heterocycles. The third kappa shape index (κ3) is 2.81. The molecule has 0 saturated heterocycles. The number of hydrogen-bond acceptors (Lipinski definition) is 3. The lowest BCUT2D eigenvalue weighted by atomic mass is 10.2. The Bertz CT molecular complexity index is 323. The minimum Gasteiger partial charge on any atom is -0.374 e. The van der Waals surface area contributed by atoms with E-state index >= 15 is 0 Å². The summed E-state index contributed by atoms with van der Waals surface area (Å²) in [5.74, 6) is 0. The Hall–Kier alpha value is -1.42. The molecule has 0 heterocycles. The molecule has 0 bridgehead atoms. The summed E-state index contributed by atoms with van der Waals surface area (Å²) >= 11 is 0. The van der Waals surface area contributed by atoms with Crippen LogP contribution in [0.25, 0.3) is 0 Å². The maximum atomic E-state index is 10.6. The molecule has 0 amide bonds. The van der Waals surface area contributed by atoms with Crippen LogP contribution in [-0.4, -0.2) is 11.0 Å². The number of para-hydroxylation sites is 1. The first kappa shape index (κ1) is 10.7. The van der Waals surface area contributed by atoms with Crippen LogP contribution in [0.3, 0.4) is 0 Å². The summed E-state index contributed by atoms with van der Waals surface area (Å²) in [6.45, 7) is 4.08. The van der Waals surface area contributed by atoms with Crippen LogP contribution in [-0.2, 0) is 11.3 Å². The fourth-order valence-electron chi connectivity index (χ4n) is 1.07. The van der Waals surface area contributed by atoms with E-state index in [1.807, 2.05) is 13.8 Å². The molecule has 0 saturated carbocycles. The first-order valence-electron chi connectivity index (χ1n) is 4.45. The van der Waals surface area contributed by atoms with E-state index in [9.17, 15) is 10.1 Å². The van der Waals surface area contributed by atoms with E-state index in [-0.39, 0.29) is 23.3 Å². The average molecular weight is 195 g/mol. The smallest absolute Gasteiger partial charge is 0.274 e. The topological polar surface area (TPSA) is 52.4 Å². The van der Waals surface area contributed by atoms with E-state index in [2.05, 4.69) is 0 Å². The second kappa shape index (κ2) is 4.72. The van der Waals surface area contributed by atoms with Crippen molar-refractivity contribution < 1.29 is 9.66 Å². The van der Waals surface area contributed by atoms with Crippen molar-refractivity contribution in [2.75, 3.05) is 0 Å². The summed E-state index contributed by atoms with van der Waals surface area (Å²) in [6, 6.07) is 6.61. The highest BCUT2D eigenvalue weighted by atomic mass is 16.6. The summed E-state index contributed by atoms with van der Waals surface area (Å²) in [5.41, 5.74) is 0.736. The van der Waals surface area contributed by atoms with Crippen molar-refractivity contribution in [3.63, 3.8) is 0 Å². The molecule has 0 atom stereocenters. The van der Waals surface area contributed by atoms with Crippen LogP contribution in [0.1, 0.15) is 19.4 Å². The lowest BCUT2D eigenvalue weighted by Crippen LogP contribution is -2.04. The van der Waals surface area contributed by atoms with Crippen LogP contribution in [0.4, 0.5) is 5.69 Å². The molecule has 1 aromatic carbocycles. The highest BCUT2D eigenvalue weighted by Crippen LogP contribution is 2.18. The molecule has 0 aliphatic carbocycles. The Labute approximate surface area is 82.7 Å². The maximum Gasteiger partial charge on any atom is 0.274 e. The zero-order chi connectivity index (χ0) is 10.6. The molecular weight excluding hydrogens is 182 g/mol. The van der Waals surface area contributed by atoms with Crippen molar-refractivity contribution in [2.45, 2.75) is 26.6 Å². The monoisotopic (exact) mass is 195 g/mol. The van der Waals surface area contributed by atoms with Gasteiger partial charge in [0, 0.05) is 6.07 Å². The van der Waals surface area contributed by atoms with Crippen LogP contribution >= 0.6 is 0 Å². The van der Waals surface area contributed by atoms with Gasteiger partial charge in [0.1, 0.15) is 0 Å². The van der Waals surface area contributed by atoms with Gasteiger partial charge in [-0.2, -0.15) is 0 Å². The van der Waals surface area contributed by atoms with Gasteiger partial charge in [0.15, 0.2) is 0 Å². The lowest BCUT2D eigenvalue weighted by molar-refractivity contribution is -0.386. The van der Waals surface area contributed by atoms with E-state index in [1.54, 1.807) is 18.2 Å². The fraction of sp³-hybridized carbons (Fsp3) is 0.400. The van der Waals surface area contributed by atoms with Gasteiger partial charge in [-0.05, 0) is 19.9 Å². The minimum absolute atomic E-state index is 0.0785. The molecule has 14 heavy (non-hydrogen) atoms. The molecule has 0 aliphatic rings. The molecule has 76 valence electrons. The summed E-state index contributed by atoms with van der Waals surface area (Å²) < 4.78 is 5.31. The van der Waals surface area contributed by atoms with Crippen molar-refractivity contribution in [1.29, 1.82) is 0 Å². The molecule has 0 unspecified atom stereocenters. The lowest BCUT2D eigenvalue weighted by Gasteiger charge is -2.07. The summed E-state index contributed by atoms with van der Waals surface area (Å²) in [4.78, 5) is 10.2. The number of nitrogens with zero attached hydrogens (tertiary/aromatic N) is 1. The Balaban J connectivity index is 2.79. The van der Waals surface area contributed by atoms with Crippen molar-refractivity contribution in [3.05, 3.63) is 39.9 Å². The zero-order valence-electron chi connectivity index (χ0n) is 8.27. The quantitative estimate of drug-likeness (QED) is 0.548. The van der Waals surface area contributed by atoms with Gasteiger partial charge in [0.05, 0.1) is 23.2 Å². The molecule has 0 N–H and O–H groups in total. The van der Waals surface area contributed by atoms with Crippen LogP contribution in [0, 0.1) is 10.1 Å². The highest BCUT2D eigenvalue weighted by Gasteiger charge is 2.12. The van der Waals surface area contributed by atoms with Gasteiger partial charge in [0.25, 0.3) is 5.69 Å². The van der Waals surface area contributed by atoms with Gasteiger partial charge in [-0.15, -0.1) is 0 Å². The van der Waals surface area contributed by atoms with E-state index in [0.29, 0.717) is 5.56 Å². The van der Waals surface area contributed by atoms with Gasteiger partial charge in [0.2, 0.25) is 0 Å². The second-order valence-corrected chi connectivity index (χ2v) is 3.25. The van der Waals surface area contributed by atoms with Gasteiger partial charge >= 0.3 is 0 Å². The molecule has 0 spiro atoms. The van der Waals surface area contributed by atoms with Gasteiger partial charge in [-0.25, -0.2) is 0 Å². The third-order valence-corrected chi connectivity index (χ3v) is 1.76. The number of hydrogen-bond donors (Lipinski definition) is 0. The largest absolute Gasteiger partial charge is 0.374 e. The SMILES string of the molecule is CC(C)OCc1ccccc1[N+](=O)[O-]. The molecule has 0 fully saturated rings. The predicted molar refractivity (Wildman–Crippen MR) is 53.0 cm³/mol. The number of rotatable bonds is 4. The van der Waals surface area contributed by atoms with Crippen LogP contribution in [0.15, 0.2) is 24.3 Å². The normalized spacial score (nSPS) is 10.5. The Morgan fingerprint density at radius 2 is 2.07 bits per heavy atom. The molecule has 1 aromatic rings. The number of nitro groups is 1. The van der Waals surface area contributed by atoms with Crippen LogP contribution in [0.2, 0.25) is 0 Å². The highest BCUT2D eigenvalue weighted by molar-refractivity contribution is 5.39. The Morgan fingerprint density at radius 3 is 2.64 bits per heavy atom. The second-order valence-electron chi connectivity index (χ2n) is 3.25. The minimum atomic E-state index is -0.390. The van der Waals surface area contributed by atoms with Gasteiger partial charge < -0.3 is 4.74 Å². The fourth-order valence-corrected chi connectivity index (χ4v) is 1.07. The number of ether oxygens (including phenoxy) is 1. The van der Waals surface area contributed by atoms with Crippen molar-refractivity contribution in [1.82, 2.24) is 0 Å². The summed E-state index contributed by atoms with van der Waals surface area (Å²) in [7, 11) is 0. The number of benzene rings is 1. The molecule has 4 nitrogen and oxygen atoms in total.